The fraction of sp³-hybridized carbons (Fsp3) is 1.00. The molecule has 0 radical (unpaired) electrons. The minimum atomic E-state index is 0.346. The average molecular weight is 243 g/mol. The van der Waals surface area contributed by atoms with E-state index in [1.54, 1.807) is 0 Å². The minimum Gasteiger partial charge on any atom is -0.377 e. The van der Waals surface area contributed by atoms with Gasteiger partial charge < -0.3 is 10.1 Å². The van der Waals surface area contributed by atoms with Gasteiger partial charge in [0.15, 0.2) is 0 Å². The van der Waals surface area contributed by atoms with Crippen LogP contribution < -0.4 is 5.32 Å². The molecule has 1 saturated carbocycles. The Morgan fingerprint density at radius 3 is 3.00 bits per heavy atom. The number of hydrogen-bond donors (Lipinski definition) is 1. The summed E-state index contributed by atoms with van der Waals surface area (Å²) in [6.45, 7) is 9.07. The minimum absolute atomic E-state index is 0.346. The van der Waals surface area contributed by atoms with Crippen molar-refractivity contribution in [2.45, 2.75) is 45.8 Å². The Morgan fingerprint density at radius 2 is 2.25 bits per heavy atom. The van der Waals surface area contributed by atoms with Crippen LogP contribution in [0.15, 0.2) is 0 Å². The van der Waals surface area contributed by atoms with Gasteiger partial charge >= 0.3 is 0 Å². The Balaban J connectivity index is 1.69. The highest BCUT2D eigenvalue weighted by atomic mass is 32.2. The monoisotopic (exact) mass is 243 g/mol. The van der Waals surface area contributed by atoms with Gasteiger partial charge in [-0.2, -0.15) is 11.8 Å². The molecule has 16 heavy (non-hydrogen) atoms. The number of ether oxygens (including phenoxy) is 1. The maximum absolute atomic E-state index is 5.80. The van der Waals surface area contributed by atoms with Crippen LogP contribution in [0.3, 0.4) is 0 Å². The molecule has 1 aliphatic carbocycles. The van der Waals surface area contributed by atoms with Gasteiger partial charge in [-0.3, -0.25) is 0 Å². The molecular formula is C13H25NOS. The molecule has 0 aromatic heterocycles. The van der Waals surface area contributed by atoms with E-state index in [-0.39, 0.29) is 0 Å². The lowest BCUT2D eigenvalue weighted by atomic mass is 9.57. The van der Waals surface area contributed by atoms with Gasteiger partial charge in [-0.1, -0.05) is 20.8 Å². The van der Waals surface area contributed by atoms with Crippen molar-refractivity contribution in [1.82, 2.24) is 5.32 Å². The van der Waals surface area contributed by atoms with Crippen LogP contribution in [0.5, 0.6) is 0 Å². The van der Waals surface area contributed by atoms with Crippen molar-refractivity contribution >= 4 is 11.8 Å². The predicted octanol–water partition coefficient (Wildman–Crippen LogP) is 2.53. The zero-order valence-electron chi connectivity index (χ0n) is 10.8. The van der Waals surface area contributed by atoms with E-state index >= 15 is 0 Å². The molecule has 2 fully saturated rings. The molecule has 3 heteroatoms. The maximum atomic E-state index is 5.80. The smallest absolute Gasteiger partial charge is 0.0685 e. The second-order valence-corrected chi connectivity index (χ2v) is 6.94. The van der Waals surface area contributed by atoms with Crippen molar-refractivity contribution in [3.05, 3.63) is 0 Å². The fourth-order valence-corrected chi connectivity index (χ4v) is 3.95. The number of hydrogen-bond acceptors (Lipinski definition) is 3. The van der Waals surface area contributed by atoms with E-state index in [2.05, 4.69) is 26.1 Å². The van der Waals surface area contributed by atoms with Gasteiger partial charge in [-0.15, -0.1) is 0 Å². The summed E-state index contributed by atoms with van der Waals surface area (Å²) in [7, 11) is 0. The lowest BCUT2D eigenvalue weighted by molar-refractivity contribution is -0.112. The van der Waals surface area contributed by atoms with Gasteiger partial charge in [0.25, 0.3) is 0 Å². The van der Waals surface area contributed by atoms with Gasteiger partial charge in [0, 0.05) is 24.0 Å². The normalized spacial score (nSPS) is 35.8. The van der Waals surface area contributed by atoms with Crippen LogP contribution in [0, 0.1) is 11.3 Å². The number of thioether (sulfide) groups is 1. The Labute approximate surface area is 104 Å². The molecule has 2 rings (SSSR count). The average Bonchev–Trinajstić information content (AvgIpc) is 2.69. The molecule has 94 valence electrons. The molecule has 1 saturated heterocycles. The summed E-state index contributed by atoms with van der Waals surface area (Å²) in [4.78, 5) is 0. The van der Waals surface area contributed by atoms with Crippen LogP contribution in [0.1, 0.15) is 33.6 Å². The van der Waals surface area contributed by atoms with Crippen LogP contribution in [0.25, 0.3) is 0 Å². The summed E-state index contributed by atoms with van der Waals surface area (Å²) in [5.74, 6) is 3.32. The van der Waals surface area contributed by atoms with E-state index in [1.807, 2.05) is 11.8 Å². The van der Waals surface area contributed by atoms with Crippen molar-refractivity contribution in [1.29, 1.82) is 0 Å². The van der Waals surface area contributed by atoms with E-state index in [0.717, 1.165) is 12.5 Å². The molecule has 0 aromatic carbocycles. The van der Waals surface area contributed by atoms with E-state index in [4.69, 9.17) is 4.74 Å². The van der Waals surface area contributed by atoms with Crippen LogP contribution in [-0.4, -0.2) is 36.8 Å². The van der Waals surface area contributed by atoms with Crippen LogP contribution in [0.4, 0.5) is 0 Å². The number of rotatable bonds is 6. The summed E-state index contributed by atoms with van der Waals surface area (Å²) < 4.78 is 5.80. The maximum Gasteiger partial charge on any atom is 0.0685 e. The van der Waals surface area contributed by atoms with Crippen molar-refractivity contribution in [3.8, 4) is 0 Å². The first-order valence-electron chi connectivity index (χ1n) is 6.60. The Hall–Kier alpha value is 0.270. The van der Waals surface area contributed by atoms with Crippen LogP contribution in [-0.2, 0) is 4.74 Å². The SMILES string of the molecule is CCSCCCNC1C2CCOC2C1(C)C. The van der Waals surface area contributed by atoms with E-state index in [9.17, 15) is 0 Å². The van der Waals surface area contributed by atoms with Gasteiger partial charge in [0.1, 0.15) is 0 Å². The summed E-state index contributed by atoms with van der Waals surface area (Å²) in [6, 6.07) is 0.687. The molecule has 0 spiro atoms. The molecule has 1 heterocycles. The highest BCUT2D eigenvalue weighted by Gasteiger charge is 2.58. The lowest BCUT2D eigenvalue weighted by Gasteiger charge is -2.55. The molecular weight excluding hydrogens is 218 g/mol. The van der Waals surface area contributed by atoms with E-state index in [1.165, 1.54) is 30.9 Å². The summed E-state index contributed by atoms with van der Waals surface area (Å²) in [5, 5.41) is 3.75. The lowest BCUT2D eigenvalue weighted by Crippen LogP contribution is -2.65. The highest BCUT2D eigenvalue weighted by molar-refractivity contribution is 7.99. The summed E-state index contributed by atoms with van der Waals surface area (Å²) >= 11 is 2.04. The predicted molar refractivity (Wildman–Crippen MR) is 71.0 cm³/mol. The molecule has 2 aliphatic rings. The molecule has 1 aliphatic heterocycles. The van der Waals surface area contributed by atoms with E-state index < -0.39 is 0 Å². The molecule has 0 bridgehead atoms. The summed E-state index contributed by atoms with van der Waals surface area (Å²) in [6.07, 6.45) is 3.08. The Bertz CT molecular complexity index is 232. The molecule has 0 amide bonds. The van der Waals surface area contributed by atoms with Crippen LogP contribution >= 0.6 is 11.8 Å². The van der Waals surface area contributed by atoms with Crippen molar-refractivity contribution in [2.75, 3.05) is 24.7 Å². The van der Waals surface area contributed by atoms with Gasteiger partial charge in [0.05, 0.1) is 6.10 Å². The molecule has 3 unspecified atom stereocenters. The Kier molecular flexibility index (Phi) is 4.20. The summed E-state index contributed by atoms with van der Waals surface area (Å²) in [5.41, 5.74) is 0.346. The van der Waals surface area contributed by atoms with E-state index in [0.29, 0.717) is 17.6 Å². The third-order valence-electron chi connectivity index (χ3n) is 4.13. The second kappa shape index (κ2) is 5.28. The topological polar surface area (TPSA) is 21.3 Å². The quantitative estimate of drug-likeness (QED) is 0.724. The third-order valence-corrected chi connectivity index (χ3v) is 5.12. The first-order chi connectivity index (χ1) is 7.68. The first-order valence-corrected chi connectivity index (χ1v) is 7.76. The molecule has 2 nitrogen and oxygen atoms in total. The van der Waals surface area contributed by atoms with Gasteiger partial charge in [-0.05, 0) is 30.9 Å². The second-order valence-electron chi connectivity index (χ2n) is 5.55. The number of fused-ring (bicyclic) bond motifs is 1. The zero-order valence-corrected chi connectivity index (χ0v) is 11.6. The third kappa shape index (κ3) is 2.27. The van der Waals surface area contributed by atoms with Crippen molar-refractivity contribution < 1.29 is 4.74 Å². The van der Waals surface area contributed by atoms with Gasteiger partial charge in [0.2, 0.25) is 0 Å². The number of nitrogens with one attached hydrogen (secondary N) is 1. The van der Waals surface area contributed by atoms with Crippen molar-refractivity contribution in [3.63, 3.8) is 0 Å². The molecule has 3 atom stereocenters. The molecule has 0 aromatic rings. The highest BCUT2D eigenvalue weighted by Crippen LogP contribution is 2.51. The standard InChI is InChI=1S/C13H25NOS/c1-4-16-9-5-7-14-11-10-6-8-15-12(10)13(11,2)3/h10-12,14H,4-9H2,1-3H3. The fourth-order valence-electron chi connectivity index (χ4n) is 3.31. The first kappa shape index (κ1) is 12.7. The van der Waals surface area contributed by atoms with Gasteiger partial charge in [-0.25, -0.2) is 0 Å². The zero-order chi connectivity index (χ0) is 11.6. The largest absolute Gasteiger partial charge is 0.377 e. The molecule has 1 N–H and O–H groups in total. The Morgan fingerprint density at radius 1 is 1.44 bits per heavy atom. The van der Waals surface area contributed by atoms with Crippen LogP contribution in [0.2, 0.25) is 0 Å². The van der Waals surface area contributed by atoms with Crippen molar-refractivity contribution in [2.24, 2.45) is 11.3 Å².